The molecule has 1 heterocycles. The van der Waals surface area contributed by atoms with Gasteiger partial charge in [0.2, 0.25) is 0 Å². The molecule has 1 aliphatic carbocycles. The van der Waals surface area contributed by atoms with Gasteiger partial charge in [0, 0.05) is 31.2 Å². The molecular weight excluding hydrogens is 260 g/mol. The number of rotatable bonds is 5. The molecule has 2 aliphatic rings. The van der Waals surface area contributed by atoms with E-state index >= 15 is 0 Å². The summed E-state index contributed by atoms with van der Waals surface area (Å²) < 4.78 is 0. The van der Waals surface area contributed by atoms with Crippen molar-refractivity contribution in [1.82, 2.24) is 10.2 Å². The van der Waals surface area contributed by atoms with E-state index < -0.39 is 0 Å². The minimum Gasteiger partial charge on any atom is -0.396 e. The van der Waals surface area contributed by atoms with Crippen molar-refractivity contribution in [3.05, 3.63) is 48.0 Å². The van der Waals surface area contributed by atoms with Crippen LogP contribution in [-0.4, -0.2) is 41.8 Å². The minimum absolute atomic E-state index is 0.282. The third-order valence-electron chi connectivity index (χ3n) is 4.69. The molecule has 21 heavy (non-hydrogen) atoms. The van der Waals surface area contributed by atoms with E-state index in [1.807, 2.05) is 0 Å². The third kappa shape index (κ3) is 4.16. The molecule has 3 rings (SSSR count). The Morgan fingerprint density at radius 1 is 1.10 bits per heavy atom. The molecule has 1 aromatic rings. The zero-order chi connectivity index (χ0) is 14.5. The molecule has 0 saturated carbocycles. The summed E-state index contributed by atoms with van der Waals surface area (Å²) in [5.41, 5.74) is 1.41. The normalized spacial score (nSPS) is 27.3. The summed E-state index contributed by atoms with van der Waals surface area (Å²) in [7, 11) is 0. The number of aliphatic hydroxyl groups excluding tert-OH is 1. The van der Waals surface area contributed by atoms with E-state index in [9.17, 15) is 5.11 Å². The summed E-state index contributed by atoms with van der Waals surface area (Å²) in [4.78, 5) is 2.55. The monoisotopic (exact) mass is 286 g/mol. The molecule has 0 amide bonds. The molecule has 1 aromatic carbocycles. The summed E-state index contributed by atoms with van der Waals surface area (Å²) in [6.45, 7) is 3.70. The zero-order valence-electron chi connectivity index (χ0n) is 12.6. The highest BCUT2D eigenvalue weighted by molar-refractivity contribution is 5.14. The van der Waals surface area contributed by atoms with E-state index in [-0.39, 0.29) is 6.61 Å². The van der Waals surface area contributed by atoms with Crippen molar-refractivity contribution in [3.8, 4) is 0 Å². The van der Waals surface area contributed by atoms with Crippen LogP contribution in [-0.2, 0) is 6.54 Å². The lowest BCUT2D eigenvalue weighted by Crippen LogP contribution is -2.45. The molecule has 1 saturated heterocycles. The second-order valence-electron chi connectivity index (χ2n) is 6.37. The van der Waals surface area contributed by atoms with Crippen molar-refractivity contribution >= 4 is 0 Å². The standard InChI is InChI=1S/C18H26N2O/c21-14-16-6-7-18(12-16)19-17-8-10-20(11-9-17)13-15-4-2-1-3-5-15/h1-7,16-19,21H,8-14H2/t16-,18+/m0/s1. The van der Waals surface area contributed by atoms with Gasteiger partial charge in [-0.15, -0.1) is 0 Å². The Hall–Kier alpha value is -1.16. The van der Waals surface area contributed by atoms with E-state index in [2.05, 4.69) is 52.7 Å². The molecular formula is C18H26N2O. The fourth-order valence-corrected chi connectivity index (χ4v) is 3.44. The van der Waals surface area contributed by atoms with Gasteiger partial charge in [0.25, 0.3) is 0 Å². The summed E-state index contributed by atoms with van der Waals surface area (Å²) in [5, 5.41) is 12.9. The summed E-state index contributed by atoms with van der Waals surface area (Å²) >= 11 is 0. The largest absolute Gasteiger partial charge is 0.396 e. The topological polar surface area (TPSA) is 35.5 Å². The van der Waals surface area contributed by atoms with E-state index in [4.69, 9.17) is 0 Å². The lowest BCUT2D eigenvalue weighted by atomic mass is 10.0. The van der Waals surface area contributed by atoms with Gasteiger partial charge in [-0.05, 0) is 37.9 Å². The van der Waals surface area contributed by atoms with Crippen molar-refractivity contribution in [1.29, 1.82) is 0 Å². The number of hydrogen-bond donors (Lipinski definition) is 2. The fourth-order valence-electron chi connectivity index (χ4n) is 3.44. The number of aliphatic hydroxyl groups is 1. The Balaban J connectivity index is 1.40. The lowest BCUT2D eigenvalue weighted by molar-refractivity contribution is 0.184. The number of piperidine rings is 1. The second-order valence-corrected chi connectivity index (χ2v) is 6.37. The van der Waals surface area contributed by atoms with Crippen LogP contribution in [0.15, 0.2) is 42.5 Å². The average Bonchev–Trinajstić information content (AvgIpc) is 2.98. The van der Waals surface area contributed by atoms with Crippen LogP contribution < -0.4 is 5.32 Å². The lowest BCUT2D eigenvalue weighted by Gasteiger charge is -2.33. The number of benzene rings is 1. The van der Waals surface area contributed by atoms with Gasteiger partial charge < -0.3 is 10.4 Å². The first-order valence-electron chi connectivity index (χ1n) is 8.15. The van der Waals surface area contributed by atoms with Gasteiger partial charge in [-0.25, -0.2) is 0 Å². The molecule has 0 unspecified atom stereocenters. The minimum atomic E-state index is 0.282. The van der Waals surface area contributed by atoms with Crippen molar-refractivity contribution in [2.45, 2.75) is 37.9 Å². The molecule has 0 bridgehead atoms. The van der Waals surface area contributed by atoms with Crippen LogP contribution in [0.4, 0.5) is 0 Å². The molecule has 1 fully saturated rings. The van der Waals surface area contributed by atoms with Gasteiger partial charge in [0.1, 0.15) is 0 Å². The van der Waals surface area contributed by atoms with Crippen LogP contribution in [0.5, 0.6) is 0 Å². The number of nitrogens with zero attached hydrogens (tertiary/aromatic N) is 1. The molecule has 0 radical (unpaired) electrons. The Bertz CT molecular complexity index is 452. The molecule has 0 spiro atoms. The van der Waals surface area contributed by atoms with Crippen LogP contribution >= 0.6 is 0 Å². The molecule has 3 nitrogen and oxygen atoms in total. The Kier molecular flexibility index (Phi) is 5.07. The van der Waals surface area contributed by atoms with Crippen LogP contribution in [0.1, 0.15) is 24.8 Å². The van der Waals surface area contributed by atoms with Gasteiger partial charge in [-0.1, -0.05) is 42.5 Å². The van der Waals surface area contributed by atoms with E-state index in [0.717, 1.165) is 13.0 Å². The first kappa shape index (κ1) is 14.8. The quantitative estimate of drug-likeness (QED) is 0.814. The van der Waals surface area contributed by atoms with E-state index in [1.165, 1.54) is 31.5 Å². The number of hydrogen-bond acceptors (Lipinski definition) is 3. The Labute approximate surface area is 127 Å². The molecule has 3 heteroatoms. The van der Waals surface area contributed by atoms with Crippen molar-refractivity contribution in [2.75, 3.05) is 19.7 Å². The summed E-state index contributed by atoms with van der Waals surface area (Å²) in [5.74, 6) is 0.362. The highest BCUT2D eigenvalue weighted by atomic mass is 16.3. The van der Waals surface area contributed by atoms with Crippen LogP contribution in [0, 0.1) is 5.92 Å². The first-order valence-corrected chi connectivity index (χ1v) is 8.15. The summed E-state index contributed by atoms with van der Waals surface area (Å²) in [6.07, 6.45) is 7.89. The molecule has 2 atom stereocenters. The maximum atomic E-state index is 9.18. The van der Waals surface area contributed by atoms with E-state index in [0.29, 0.717) is 18.0 Å². The fraction of sp³-hybridized carbons (Fsp3) is 0.556. The highest BCUT2D eigenvalue weighted by Gasteiger charge is 2.24. The van der Waals surface area contributed by atoms with Crippen LogP contribution in [0.2, 0.25) is 0 Å². The molecule has 0 aromatic heterocycles. The van der Waals surface area contributed by atoms with Crippen LogP contribution in [0.25, 0.3) is 0 Å². The van der Waals surface area contributed by atoms with Crippen molar-refractivity contribution in [3.63, 3.8) is 0 Å². The van der Waals surface area contributed by atoms with Gasteiger partial charge in [-0.3, -0.25) is 4.90 Å². The SMILES string of the molecule is OC[C@H]1C=C[C@@H](NC2CCN(Cc3ccccc3)CC2)C1. The molecule has 114 valence electrons. The van der Waals surface area contributed by atoms with Crippen LogP contribution in [0.3, 0.4) is 0 Å². The maximum Gasteiger partial charge on any atom is 0.0494 e. The summed E-state index contributed by atoms with van der Waals surface area (Å²) in [6, 6.07) is 11.8. The van der Waals surface area contributed by atoms with E-state index in [1.54, 1.807) is 0 Å². The second kappa shape index (κ2) is 7.21. The average molecular weight is 286 g/mol. The predicted octanol–water partition coefficient (Wildman–Crippen LogP) is 2.18. The maximum absolute atomic E-state index is 9.18. The van der Waals surface area contributed by atoms with Gasteiger partial charge >= 0.3 is 0 Å². The number of nitrogens with one attached hydrogen (secondary N) is 1. The first-order chi connectivity index (χ1) is 10.3. The Morgan fingerprint density at radius 3 is 2.52 bits per heavy atom. The molecule has 2 N–H and O–H groups in total. The van der Waals surface area contributed by atoms with Crippen molar-refractivity contribution in [2.24, 2.45) is 5.92 Å². The number of likely N-dealkylation sites (tertiary alicyclic amines) is 1. The Morgan fingerprint density at radius 2 is 1.86 bits per heavy atom. The van der Waals surface area contributed by atoms with Crippen molar-refractivity contribution < 1.29 is 5.11 Å². The van der Waals surface area contributed by atoms with Gasteiger partial charge in [-0.2, -0.15) is 0 Å². The predicted molar refractivity (Wildman–Crippen MR) is 86.0 cm³/mol. The highest BCUT2D eigenvalue weighted by Crippen LogP contribution is 2.20. The van der Waals surface area contributed by atoms with Gasteiger partial charge in [0.15, 0.2) is 0 Å². The third-order valence-corrected chi connectivity index (χ3v) is 4.69. The zero-order valence-corrected chi connectivity index (χ0v) is 12.6. The smallest absolute Gasteiger partial charge is 0.0494 e. The van der Waals surface area contributed by atoms with Gasteiger partial charge in [0.05, 0.1) is 0 Å². The molecule has 1 aliphatic heterocycles.